The topological polar surface area (TPSA) is 87.1 Å². The first-order valence-corrected chi connectivity index (χ1v) is 9.82. The summed E-state index contributed by atoms with van der Waals surface area (Å²) in [4.78, 5) is 37.2. The standard InChI is InChI=1S/C21H20F3N5O3/c1-20(2)18(30)29(14-3-5-15(6-4-14)32-21(22,23)24)19(31)28(20)12-13-7-8-25-16(11-13)17-26-9-10-27-17/h3-8,11H,9-10,12H2,1-2H3,(H,26,27). The van der Waals surface area contributed by atoms with E-state index in [4.69, 9.17) is 0 Å². The molecule has 2 aromatic rings. The highest BCUT2D eigenvalue weighted by Gasteiger charge is 2.51. The molecular weight excluding hydrogens is 427 g/mol. The fraction of sp³-hybridized carbons (Fsp3) is 0.333. The van der Waals surface area contributed by atoms with Crippen molar-refractivity contribution in [2.75, 3.05) is 18.0 Å². The second-order valence-electron chi connectivity index (χ2n) is 7.82. The van der Waals surface area contributed by atoms with Crippen LogP contribution in [-0.2, 0) is 11.3 Å². The largest absolute Gasteiger partial charge is 0.573 e. The van der Waals surface area contributed by atoms with Crippen molar-refractivity contribution in [3.05, 3.63) is 53.9 Å². The molecule has 8 nitrogen and oxygen atoms in total. The van der Waals surface area contributed by atoms with Crippen LogP contribution < -0.4 is 15.0 Å². The Labute approximate surface area is 181 Å². The molecule has 2 aliphatic rings. The number of benzene rings is 1. The smallest absolute Gasteiger partial charge is 0.406 e. The molecule has 0 spiro atoms. The van der Waals surface area contributed by atoms with Crippen LogP contribution in [0.4, 0.5) is 23.7 Å². The van der Waals surface area contributed by atoms with Gasteiger partial charge in [-0.05, 0) is 55.8 Å². The molecule has 3 amide bonds. The molecule has 4 rings (SSSR count). The van der Waals surface area contributed by atoms with Crippen molar-refractivity contribution in [2.24, 2.45) is 4.99 Å². The van der Waals surface area contributed by atoms with Crippen LogP contribution in [0.5, 0.6) is 5.75 Å². The maximum absolute atomic E-state index is 13.2. The van der Waals surface area contributed by atoms with Gasteiger partial charge >= 0.3 is 12.4 Å². The molecule has 1 saturated heterocycles. The Morgan fingerprint density at radius 3 is 2.50 bits per heavy atom. The highest BCUT2D eigenvalue weighted by molar-refractivity contribution is 6.22. The van der Waals surface area contributed by atoms with Gasteiger partial charge in [0.2, 0.25) is 0 Å². The number of carbonyl (C=O) groups excluding carboxylic acids is 2. The lowest BCUT2D eigenvalue weighted by atomic mass is 10.0. The first-order valence-electron chi connectivity index (χ1n) is 9.82. The molecule has 2 aliphatic heterocycles. The van der Waals surface area contributed by atoms with E-state index in [2.05, 4.69) is 20.0 Å². The number of rotatable bonds is 5. The van der Waals surface area contributed by atoms with E-state index in [-0.39, 0.29) is 12.2 Å². The summed E-state index contributed by atoms with van der Waals surface area (Å²) in [6, 6.07) is 7.58. The summed E-state index contributed by atoms with van der Waals surface area (Å²) < 4.78 is 41.0. The first kappa shape index (κ1) is 21.6. The van der Waals surface area contributed by atoms with Gasteiger partial charge in [-0.3, -0.25) is 14.8 Å². The Bertz CT molecular complexity index is 1080. The molecular formula is C21H20F3N5O3. The zero-order chi connectivity index (χ0) is 23.1. The predicted octanol–water partition coefficient (Wildman–Crippen LogP) is 3.08. The van der Waals surface area contributed by atoms with E-state index in [1.807, 2.05) is 0 Å². The van der Waals surface area contributed by atoms with Crippen molar-refractivity contribution in [2.45, 2.75) is 32.3 Å². The number of ether oxygens (including phenoxy) is 1. The summed E-state index contributed by atoms with van der Waals surface area (Å²) in [5, 5.41) is 3.14. The molecule has 11 heteroatoms. The van der Waals surface area contributed by atoms with Crippen LogP contribution in [0.1, 0.15) is 25.1 Å². The van der Waals surface area contributed by atoms with E-state index in [1.165, 1.54) is 17.0 Å². The molecule has 0 saturated carbocycles. The Morgan fingerprint density at radius 2 is 1.88 bits per heavy atom. The molecule has 0 atom stereocenters. The number of nitrogens with zero attached hydrogens (tertiary/aromatic N) is 4. The van der Waals surface area contributed by atoms with Crippen molar-refractivity contribution in [3.63, 3.8) is 0 Å². The van der Waals surface area contributed by atoms with E-state index in [0.717, 1.165) is 29.1 Å². The quantitative estimate of drug-likeness (QED) is 0.712. The summed E-state index contributed by atoms with van der Waals surface area (Å²) in [6.45, 7) is 4.79. The van der Waals surface area contributed by atoms with Gasteiger partial charge in [0.25, 0.3) is 5.91 Å². The molecule has 1 aromatic carbocycles. The molecule has 32 heavy (non-hydrogen) atoms. The second kappa shape index (κ2) is 7.81. The number of amidine groups is 1. The molecule has 1 aromatic heterocycles. The minimum atomic E-state index is -4.83. The molecule has 0 bridgehead atoms. The van der Waals surface area contributed by atoms with E-state index >= 15 is 0 Å². The van der Waals surface area contributed by atoms with Crippen LogP contribution in [0, 0.1) is 0 Å². The van der Waals surface area contributed by atoms with Crippen LogP contribution in [0.25, 0.3) is 0 Å². The van der Waals surface area contributed by atoms with Gasteiger partial charge in [0.15, 0.2) is 0 Å². The number of carbonyl (C=O) groups is 2. The third kappa shape index (κ3) is 4.10. The number of alkyl halides is 3. The Kier molecular flexibility index (Phi) is 5.27. The van der Waals surface area contributed by atoms with Crippen molar-refractivity contribution in [1.29, 1.82) is 0 Å². The number of hydrogen-bond donors (Lipinski definition) is 1. The van der Waals surface area contributed by atoms with Crippen molar-refractivity contribution in [1.82, 2.24) is 15.2 Å². The summed E-state index contributed by atoms with van der Waals surface area (Å²) in [5.74, 6) is -0.245. The highest BCUT2D eigenvalue weighted by atomic mass is 19.4. The zero-order valence-corrected chi connectivity index (χ0v) is 17.3. The fourth-order valence-electron chi connectivity index (χ4n) is 3.58. The van der Waals surface area contributed by atoms with Crippen LogP contribution in [0.15, 0.2) is 47.6 Å². The van der Waals surface area contributed by atoms with Gasteiger partial charge in [0.05, 0.1) is 12.2 Å². The lowest BCUT2D eigenvalue weighted by Gasteiger charge is -2.27. The number of nitrogens with one attached hydrogen (secondary N) is 1. The number of imide groups is 1. The van der Waals surface area contributed by atoms with Crippen LogP contribution in [0.3, 0.4) is 0 Å². The average molecular weight is 447 g/mol. The monoisotopic (exact) mass is 447 g/mol. The number of pyridine rings is 1. The molecule has 3 heterocycles. The average Bonchev–Trinajstić information content (AvgIpc) is 3.31. The third-order valence-electron chi connectivity index (χ3n) is 5.23. The number of halogens is 3. The Balaban J connectivity index is 1.57. The highest BCUT2D eigenvalue weighted by Crippen LogP contribution is 2.34. The van der Waals surface area contributed by atoms with E-state index in [0.29, 0.717) is 18.1 Å². The Hall–Kier alpha value is -3.63. The predicted molar refractivity (Wildman–Crippen MR) is 109 cm³/mol. The third-order valence-corrected chi connectivity index (χ3v) is 5.23. The summed E-state index contributed by atoms with van der Waals surface area (Å²) >= 11 is 0. The molecule has 168 valence electrons. The van der Waals surface area contributed by atoms with Gasteiger partial charge in [-0.1, -0.05) is 0 Å². The minimum Gasteiger partial charge on any atom is -0.406 e. The molecule has 1 fully saturated rings. The Morgan fingerprint density at radius 1 is 1.16 bits per heavy atom. The summed E-state index contributed by atoms with van der Waals surface area (Å²) in [5.41, 5.74) is 0.402. The van der Waals surface area contributed by atoms with Gasteiger partial charge in [0.1, 0.15) is 22.8 Å². The van der Waals surface area contributed by atoms with Crippen LogP contribution in [0.2, 0.25) is 0 Å². The SMILES string of the molecule is CC1(C)C(=O)N(c2ccc(OC(F)(F)F)cc2)C(=O)N1Cc1ccnc(C2=NCCN2)c1. The van der Waals surface area contributed by atoms with Crippen LogP contribution in [-0.4, -0.2) is 52.6 Å². The number of amides is 3. The number of anilines is 1. The fourth-order valence-corrected chi connectivity index (χ4v) is 3.58. The van der Waals surface area contributed by atoms with E-state index < -0.39 is 29.6 Å². The number of urea groups is 1. The summed E-state index contributed by atoms with van der Waals surface area (Å²) in [7, 11) is 0. The minimum absolute atomic E-state index is 0.145. The number of aromatic nitrogens is 1. The van der Waals surface area contributed by atoms with Crippen molar-refractivity contribution < 1.29 is 27.5 Å². The molecule has 0 unspecified atom stereocenters. The molecule has 0 aliphatic carbocycles. The van der Waals surface area contributed by atoms with Gasteiger partial charge < -0.3 is 15.0 Å². The second-order valence-corrected chi connectivity index (χ2v) is 7.82. The van der Waals surface area contributed by atoms with Crippen molar-refractivity contribution in [3.8, 4) is 5.75 Å². The van der Waals surface area contributed by atoms with Gasteiger partial charge in [-0.2, -0.15) is 0 Å². The normalized spacial score (nSPS) is 18.1. The van der Waals surface area contributed by atoms with Gasteiger partial charge in [-0.15, -0.1) is 13.2 Å². The zero-order valence-electron chi connectivity index (χ0n) is 17.3. The van der Waals surface area contributed by atoms with Gasteiger partial charge in [0, 0.05) is 19.3 Å². The number of hydrogen-bond acceptors (Lipinski definition) is 6. The maximum Gasteiger partial charge on any atom is 0.573 e. The molecule has 1 N–H and O–H groups in total. The lowest BCUT2D eigenvalue weighted by molar-refractivity contribution is -0.274. The van der Waals surface area contributed by atoms with Crippen LogP contribution >= 0.6 is 0 Å². The van der Waals surface area contributed by atoms with Crippen molar-refractivity contribution >= 4 is 23.5 Å². The van der Waals surface area contributed by atoms with E-state index in [9.17, 15) is 22.8 Å². The maximum atomic E-state index is 13.2. The summed E-state index contributed by atoms with van der Waals surface area (Å²) in [6.07, 6.45) is -3.22. The van der Waals surface area contributed by atoms with E-state index in [1.54, 1.807) is 32.2 Å². The first-order chi connectivity index (χ1) is 15.1. The number of aliphatic imine (C=N–C) groups is 1. The molecule has 0 radical (unpaired) electrons. The lowest BCUT2D eigenvalue weighted by Crippen LogP contribution is -2.43. The van der Waals surface area contributed by atoms with Gasteiger partial charge in [-0.25, -0.2) is 9.69 Å².